The molecule has 5 heteroatoms. The Morgan fingerprint density at radius 1 is 1.36 bits per heavy atom. The van der Waals surface area contributed by atoms with Crippen molar-refractivity contribution in [3.05, 3.63) is 41.8 Å². The topological polar surface area (TPSA) is 53.4 Å². The van der Waals surface area contributed by atoms with Crippen LogP contribution >= 0.6 is 0 Å². The molecule has 1 aliphatic heterocycles. The highest BCUT2D eigenvalue weighted by Crippen LogP contribution is 2.33. The molecule has 3 rings (SSSR count). The molecule has 0 amide bonds. The fourth-order valence-corrected chi connectivity index (χ4v) is 3.25. The molecule has 1 N–H and O–H groups in total. The number of carbonyl (C=O) groups is 1. The van der Waals surface area contributed by atoms with Gasteiger partial charge in [0.05, 0.1) is 5.52 Å². The van der Waals surface area contributed by atoms with E-state index in [4.69, 9.17) is 5.11 Å². The third-order valence-corrected chi connectivity index (χ3v) is 4.61. The van der Waals surface area contributed by atoms with Gasteiger partial charge in [0.25, 0.3) is 0 Å². The van der Waals surface area contributed by atoms with Gasteiger partial charge >= 0.3 is 5.97 Å². The highest BCUT2D eigenvalue weighted by Gasteiger charge is 2.27. The third kappa shape index (κ3) is 2.81. The van der Waals surface area contributed by atoms with Crippen LogP contribution < -0.4 is 0 Å². The Bertz CT molecular complexity index is 696. The number of aromatic nitrogens is 1. The quantitative estimate of drug-likeness (QED) is 0.947. The first-order chi connectivity index (χ1) is 10.6. The predicted molar refractivity (Wildman–Crippen MR) is 82.3 cm³/mol. The van der Waals surface area contributed by atoms with Crippen molar-refractivity contribution >= 4 is 16.9 Å². The first-order valence-corrected chi connectivity index (χ1v) is 7.57. The number of pyridine rings is 1. The SMILES string of the molecule is CC(C(=O)O)N1CCC(c2ccnc3ccc(F)cc23)CC1. The molecule has 0 saturated carbocycles. The van der Waals surface area contributed by atoms with Crippen LogP contribution in [0.1, 0.15) is 31.2 Å². The minimum atomic E-state index is -0.783. The average molecular weight is 302 g/mol. The van der Waals surface area contributed by atoms with E-state index in [2.05, 4.69) is 4.98 Å². The molecular formula is C17H19FN2O2. The molecule has 116 valence electrons. The van der Waals surface area contributed by atoms with Crippen LogP contribution in [0.25, 0.3) is 10.9 Å². The smallest absolute Gasteiger partial charge is 0.320 e. The fourth-order valence-electron chi connectivity index (χ4n) is 3.25. The zero-order valence-electron chi connectivity index (χ0n) is 12.5. The maximum atomic E-state index is 13.5. The summed E-state index contributed by atoms with van der Waals surface area (Å²) in [6, 6.07) is 6.19. The van der Waals surface area contributed by atoms with E-state index in [1.54, 1.807) is 25.3 Å². The molecule has 1 aromatic heterocycles. The van der Waals surface area contributed by atoms with Gasteiger partial charge in [-0.25, -0.2) is 4.39 Å². The minimum absolute atomic E-state index is 0.251. The first-order valence-electron chi connectivity index (χ1n) is 7.57. The number of fused-ring (bicyclic) bond motifs is 1. The molecular weight excluding hydrogens is 283 g/mol. The van der Waals surface area contributed by atoms with Gasteiger partial charge in [-0.05, 0) is 68.6 Å². The number of aliphatic carboxylic acids is 1. The van der Waals surface area contributed by atoms with Gasteiger partial charge in [-0.1, -0.05) is 0 Å². The van der Waals surface area contributed by atoms with Crippen molar-refractivity contribution in [1.82, 2.24) is 9.88 Å². The summed E-state index contributed by atoms with van der Waals surface area (Å²) >= 11 is 0. The number of carboxylic acid groups (broad SMARTS) is 1. The Kier molecular flexibility index (Phi) is 4.07. The molecule has 1 aliphatic rings. The van der Waals surface area contributed by atoms with Crippen LogP contribution in [0.5, 0.6) is 0 Å². The van der Waals surface area contributed by atoms with Gasteiger partial charge in [0, 0.05) is 11.6 Å². The summed E-state index contributed by atoms with van der Waals surface area (Å²) in [7, 11) is 0. The van der Waals surface area contributed by atoms with Gasteiger partial charge in [-0.2, -0.15) is 0 Å². The van der Waals surface area contributed by atoms with Crippen LogP contribution in [0.4, 0.5) is 4.39 Å². The van der Waals surface area contributed by atoms with Crippen molar-refractivity contribution in [3.63, 3.8) is 0 Å². The van der Waals surface area contributed by atoms with E-state index in [0.717, 1.165) is 42.4 Å². The second-order valence-electron chi connectivity index (χ2n) is 5.89. The maximum Gasteiger partial charge on any atom is 0.320 e. The first kappa shape index (κ1) is 14.9. The Hall–Kier alpha value is -2.01. The zero-order chi connectivity index (χ0) is 15.7. The largest absolute Gasteiger partial charge is 0.480 e. The Morgan fingerprint density at radius 3 is 2.77 bits per heavy atom. The van der Waals surface area contributed by atoms with Crippen molar-refractivity contribution in [2.45, 2.75) is 31.7 Å². The van der Waals surface area contributed by atoms with E-state index >= 15 is 0 Å². The van der Waals surface area contributed by atoms with Gasteiger partial charge in [-0.3, -0.25) is 14.7 Å². The fraction of sp³-hybridized carbons (Fsp3) is 0.412. The lowest BCUT2D eigenvalue weighted by Crippen LogP contribution is -2.43. The molecule has 4 nitrogen and oxygen atoms in total. The molecule has 1 unspecified atom stereocenters. The second-order valence-corrected chi connectivity index (χ2v) is 5.89. The monoisotopic (exact) mass is 302 g/mol. The number of rotatable bonds is 3. The van der Waals surface area contributed by atoms with Gasteiger partial charge in [-0.15, -0.1) is 0 Å². The van der Waals surface area contributed by atoms with E-state index in [1.807, 2.05) is 11.0 Å². The lowest BCUT2D eigenvalue weighted by Gasteiger charge is -2.34. The van der Waals surface area contributed by atoms with Crippen LogP contribution in [0.15, 0.2) is 30.5 Å². The summed E-state index contributed by atoms with van der Waals surface area (Å²) in [5.74, 6) is -0.710. The van der Waals surface area contributed by atoms with Crippen molar-refractivity contribution in [2.75, 3.05) is 13.1 Å². The highest BCUT2D eigenvalue weighted by molar-refractivity contribution is 5.82. The molecule has 1 saturated heterocycles. The Morgan fingerprint density at radius 2 is 2.09 bits per heavy atom. The normalized spacial score (nSPS) is 18.5. The Balaban J connectivity index is 1.82. The number of hydrogen-bond acceptors (Lipinski definition) is 3. The standard InChI is InChI=1S/C17H19FN2O2/c1-11(17(21)22)20-8-5-12(6-9-20)14-4-7-19-16-3-2-13(18)10-15(14)16/h2-4,7,10-12H,5-6,8-9H2,1H3,(H,21,22). The van der Waals surface area contributed by atoms with Crippen molar-refractivity contribution in [3.8, 4) is 0 Å². The van der Waals surface area contributed by atoms with E-state index in [0.29, 0.717) is 5.92 Å². The van der Waals surface area contributed by atoms with E-state index in [-0.39, 0.29) is 5.82 Å². The summed E-state index contributed by atoms with van der Waals surface area (Å²) in [6.07, 6.45) is 3.53. The number of nitrogens with zero attached hydrogens (tertiary/aromatic N) is 2. The van der Waals surface area contributed by atoms with Crippen molar-refractivity contribution in [2.24, 2.45) is 0 Å². The van der Waals surface area contributed by atoms with E-state index in [9.17, 15) is 9.18 Å². The number of carboxylic acids is 1. The van der Waals surface area contributed by atoms with Crippen LogP contribution in [0, 0.1) is 5.82 Å². The van der Waals surface area contributed by atoms with Gasteiger partial charge < -0.3 is 5.11 Å². The van der Waals surface area contributed by atoms with Crippen LogP contribution in [-0.4, -0.2) is 40.1 Å². The predicted octanol–water partition coefficient (Wildman–Crippen LogP) is 3.03. The molecule has 2 aromatic rings. The summed E-state index contributed by atoms with van der Waals surface area (Å²) in [5.41, 5.74) is 1.92. The van der Waals surface area contributed by atoms with E-state index in [1.165, 1.54) is 6.07 Å². The van der Waals surface area contributed by atoms with Gasteiger partial charge in [0.15, 0.2) is 0 Å². The van der Waals surface area contributed by atoms with Crippen LogP contribution in [0.3, 0.4) is 0 Å². The molecule has 0 radical (unpaired) electrons. The molecule has 22 heavy (non-hydrogen) atoms. The summed E-state index contributed by atoms with van der Waals surface area (Å²) in [4.78, 5) is 17.3. The second kappa shape index (κ2) is 6.01. The molecule has 0 bridgehead atoms. The number of halogens is 1. The summed E-state index contributed by atoms with van der Waals surface area (Å²) in [5, 5.41) is 9.97. The number of benzene rings is 1. The van der Waals surface area contributed by atoms with Crippen molar-refractivity contribution < 1.29 is 14.3 Å². The van der Waals surface area contributed by atoms with Crippen LogP contribution in [-0.2, 0) is 4.79 Å². The number of hydrogen-bond donors (Lipinski definition) is 1. The molecule has 1 atom stereocenters. The lowest BCUT2D eigenvalue weighted by molar-refractivity contribution is -0.143. The van der Waals surface area contributed by atoms with Crippen molar-refractivity contribution in [1.29, 1.82) is 0 Å². The highest BCUT2D eigenvalue weighted by atomic mass is 19.1. The minimum Gasteiger partial charge on any atom is -0.480 e. The zero-order valence-corrected chi connectivity index (χ0v) is 12.5. The van der Waals surface area contributed by atoms with E-state index < -0.39 is 12.0 Å². The number of likely N-dealkylation sites (tertiary alicyclic amines) is 1. The molecule has 0 spiro atoms. The average Bonchev–Trinajstić information content (AvgIpc) is 2.53. The Labute approximate surface area is 128 Å². The third-order valence-electron chi connectivity index (χ3n) is 4.61. The maximum absolute atomic E-state index is 13.5. The van der Waals surface area contributed by atoms with Gasteiger partial charge in [0.2, 0.25) is 0 Å². The number of piperidine rings is 1. The van der Waals surface area contributed by atoms with Gasteiger partial charge in [0.1, 0.15) is 11.9 Å². The molecule has 0 aliphatic carbocycles. The summed E-state index contributed by atoms with van der Waals surface area (Å²) in [6.45, 7) is 3.22. The summed E-state index contributed by atoms with van der Waals surface area (Å²) < 4.78 is 13.5. The molecule has 2 heterocycles. The molecule has 1 aromatic carbocycles. The molecule has 1 fully saturated rings. The lowest BCUT2D eigenvalue weighted by atomic mass is 9.87. The van der Waals surface area contributed by atoms with Crippen LogP contribution in [0.2, 0.25) is 0 Å².